The molecule has 0 aliphatic carbocycles. The van der Waals surface area contributed by atoms with E-state index in [0.29, 0.717) is 12.3 Å². The molecule has 1 aromatic heterocycles. The summed E-state index contributed by atoms with van der Waals surface area (Å²) in [7, 11) is 1.70. The summed E-state index contributed by atoms with van der Waals surface area (Å²) in [4.78, 5) is 15.6. The first-order valence-corrected chi connectivity index (χ1v) is 6.97. The molecule has 1 aromatic rings. The van der Waals surface area contributed by atoms with Crippen LogP contribution < -0.4 is 5.32 Å². The summed E-state index contributed by atoms with van der Waals surface area (Å²) < 4.78 is 9.84. The third kappa shape index (κ3) is 5.57. The van der Waals surface area contributed by atoms with Crippen LogP contribution in [0.15, 0.2) is 5.38 Å². The number of hydrogen-bond donors (Lipinski definition) is 1. The van der Waals surface area contributed by atoms with Gasteiger partial charge in [-0.1, -0.05) is 0 Å². The van der Waals surface area contributed by atoms with Crippen molar-refractivity contribution < 1.29 is 14.3 Å². The summed E-state index contributed by atoms with van der Waals surface area (Å²) in [6.45, 7) is 4.74. The number of carbonyl (C=O) groups excluding carboxylic acids is 1. The highest BCUT2D eigenvalue weighted by Gasteiger charge is 2.10. The lowest BCUT2D eigenvalue weighted by Gasteiger charge is -2.02. The molecular formula is C12H20N2O3S. The van der Waals surface area contributed by atoms with Crippen molar-refractivity contribution in [3.63, 3.8) is 0 Å². The largest absolute Gasteiger partial charge is 0.461 e. The van der Waals surface area contributed by atoms with Gasteiger partial charge in [0, 0.05) is 32.1 Å². The summed E-state index contributed by atoms with van der Waals surface area (Å²) in [5, 5.41) is 6.01. The Labute approximate surface area is 112 Å². The Kier molecular flexibility index (Phi) is 7.55. The molecule has 1 N–H and O–H groups in total. The van der Waals surface area contributed by atoms with Crippen LogP contribution in [0.2, 0.25) is 0 Å². The van der Waals surface area contributed by atoms with Gasteiger partial charge in [-0.15, -0.1) is 11.3 Å². The molecule has 0 saturated heterocycles. The fourth-order valence-electron chi connectivity index (χ4n) is 1.39. The molecule has 0 amide bonds. The van der Waals surface area contributed by atoms with E-state index in [1.54, 1.807) is 19.4 Å². The summed E-state index contributed by atoms with van der Waals surface area (Å²) in [6, 6.07) is 0. The minimum Gasteiger partial charge on any atom is -0.461 e. The number of carbonyl (C=O) groups is 1. The van der Waals surface area contributed by atoms with E-state index in [1.807, 2.05) is 0 Å². The van der Waals surface area contributed by atoms with Crippen LogP contribution in [0.25, 0.3) is 0 Å². The molecule has 0 saturated carbocycles. The lowest BCUT2D eigenvalue weighted by Crippen LogP contribution is -2.19. The first kappa shape index (κ1) is 15.1. The molecule has 0 aliphatic heterocycles. The smallest absolute Gasteiger partial charge is 0.357 e. The maximum absolute atomic E-state index is 11.4. The molecule has 0 aliphatic rings. The van der Waals surface area contributed by atoms with Gasteiger partial charge in [0.1, 0.15) is 0 Å². The maximum Gasteiger partial charge on any atom is 0.357 e. The van der Waals surface area contributed by atoms with Gasteiger partial charge < -0.3 is 14.8 Å². The van der Waals surface area contributed by atoms with Crippen LogP contribution in [0, 0.1) is 0 Å². The number of aromatic nitrogens is 1. The van der Waals surface area contributed by atoms with Crippen molar-refractivity contribution in [3.05, 3.63) is 16.1 Å². The van der Waals surface area contributed by atoms with E-state index in [1.165, 1.54) is 11.3 Å². The monoisotopic (exact) mass is 272 g/mol. The van der Waals surface area contributed by atoms with Crippen molar-refractivity contribution in [2.75, 3.05) is 33.4 Å². The van der Waals surface area contributed by atoms with E-state index < -0.39 is 0 Å². The van der Waals surface area contributed by atoms with Crippen LogP contribution >= 0.6 is 11.3 Å². The average molecular weight is 272 g/mol. The number of hydrogen-bond acceptors (Lipinski definition) is 6. The SMILES string of the molecule is CCOC(=O)c1csc(CCNCCCOC)n1. The highest BCUT2D eigenvalue weighted by Crippen LogP contribution is 2.11. The van der Waals surface area contributed by atoms with E-state index in [-0.39, 0.29) is 5.97 Å². The van der Waals surface area contributed by atoms with Crippen LogP contribution in [0.5, 0.6) is 0 Å². The molecule has 18 heavy (non-hydrogen) atoms. The van der Waals surface area contributed by atoms with Crippen LogP contribution in [0.4, 0.5) is 0 Å². The van der Waals surface area contributed by atoms with E-state index in [0.717, 1.165) is 37.5 Å². The molecule has 5 nitrogen and oxygen atoms in total. The van der Waals surface area contributed by atoms with Crippen LogP contribution in [-0.2, 0) is 15.9 Å². The van der Waals surface area contributed by atoms with Crippen LogP contribution in [-0.4, -0.2) is 44.4 Å². The minimum absolute atomic E-state index is 0.340. The van der Waals surface area contributed by atoms with Gasteiger partial charge in [-0.2, -0.15) is 0 Å². The first-order valence-electron chi connectivity index (χ1n) is 6.09. The second-order valence-electron chi connectivity index (χ2n) is 3.69. The Morgan fingerprint density at radius 3 is 3.06 bits per heavy atom. The molecule has 0 fully saturated rings. The number of rotatable bonds is 9. The molecule has 0 radical (unpaired) electrons. The van der Waals surface area contributed by atoms with Crippen molar-refractivity contribution in [2.45, 2.75) is 19.8 Å². The summed E-state index contributed by atoms with van der Waals surface area (Å²) in [6.07, 6.45) is 1.83. The van der Waals surface area contributed by atoms with Crippen molar-refractivity contribution >= 4 is 17.3 Å². The number of methoxy groups -OCH3 is 1. The topological polar surface area (TPSA) is 60.5 Å². The summed E-state index contributed by atoms with van der Waals surface area (Å²) >= 11 is 1.50. The third-order valence-corrected chi connectivity index (χ3v) is 3.16. The molecular weight excluding hydrogens is 252 g/mol. The maximum atomic E-state index is 11.4. The van der Waals surface area contributed by atoms with E-state index in [9.17, 15) is 4.79 Å². The Morgan fingerprint density at radius 2 is 2.33 bits per heavy atom. The van der Waals surface area contributed by atoms with Gasteiger partial charge in [-0.3, -0.25) is 0 Å². The van der Waals surface area contributed by atoms with Gasteiger partial charge in [0.25, 0.3) is 0 Å². The van der Waals surface area contributed by atoms with E-state index in [4.69, 9.17) is 9.47 Å². The Bertz CT molecular complexity index is 355. The predicted molar refractivity (Wildman–Crippen MR) is 71.1 cm³/mol. The number of nitrogens with one attached hydrogen (secondary N) is 1. The quantitative estimate of drug-likeness (QED) is 0.545. The Hall–Kier alpha value is -0.980. The zero-order valence-corrected chi connectivity index (χ0v) is 11.7. The molecule has 102 valence electrons. The standard InChI is InChI=1S/C12H20N2O3S/c1-3-17-12(15)10-9-18-11(14-10)5-7-13-6-4-8-16-2/h9,13H,3-8H2,1-2H3. The zero-order valence-electron chi connectivity index (χ0n) is 10.9. The fourth-order valence-corrected chi connectivity index (χ4v) is 2.15. The molecule has 1 heterocycles. The number of esters is 1. The lowest BCUT2D eigenvalue weighted by molar-refractivity contribution is 0.0520. The summed E-state index contributed by atoms with van der Waals surface area (Å²) in [5.74, 6) is -0.340. The van der Waals surface area contributed by atoms with Crippen molar-refractivity contribution in [1.29, 1.82) is 0 Å². The van der Waals surface area contributed by atoms with Gasteiger partial charge in [0.05, 0.1) is 11.6 Å². The molecule has 0 spiro atoms. The lowest BCUT2D eigenvalue weighted by atomic mass is 10.4. The number of ether oxygens (including phenoxy) is 2. The van der Waals surface area contributed by atoms with Crippen LogP contribution in [0.3, 0.4) is 0 Å². The van der Waals surface area contributed by atoms with Crippen LogP contribution in [0.1, 0.15) is 28.8 Å². The minimum atomic E-state index is -0.340. The zero-order chi connectivity index (χ0) is 13.2. The predicted octanol–water partition coefficient (Wildman–Crippen LogP) is 1.49. The Morgan fingerprint density at radius 1 is 1.50 bits per heavy atom. The van der Waals surface area contributed by atoms with Gasteiger partial charge >= 0.3 is 5.97 Å². The fraction of sp³-hybridized carbons (Fsp3) is 0.667. The molecule has 0 unspecified atom stereocenters. The highest BCUT2D eigenvalue weighted by atomic mass is 32.1. The average Bonchev–Trinajstić information content (AvgIpc) is 2.83. The van der Waals surface area contributed by atoms with Gasteiger partial charge in [0.15, 0.2) is 5.69 Å². The molecule has 0 bridgehead atoms. The van der Waals surface area contributed by atoms with E-state index >= 15 is 0 Å². The Balaban J connectivity index is 2.21. The van der Waals surface area contributed by atoms with E-state index in [2.05, 4.69) is 10.3 Å². The summed E-state index contributed by atoms with van der Waals surface area (Å²) in [5.41, 5.74) is 0.413. The third-order valence-electron chi connectivity index (χ3n) is 2.25. The second-order valence-corrected chi connectivity index (χ2v) is 4.64. The van der Waals surface area contributed by atoms with Gasteiger partial charge in [-0.05, 0) is 19.9 Å². The van der Waals surface area contributed by atoms with Crippen molar-refractivity contribution in [2.24, 2.45) is 0 Å². The molecule has 0 atom stereocenters. The number of thiazole rings is 1. The van der Waals surface area contributed by atoms with Crippen molar-refractivity contribution in [1.82, 2.24) is 10.3 Å². The first-order chi connectivity index (χ1) is 8.77. The molecule has 6 heteroatoms. The highest BCUT2D eigenvalue weighted by molar-refractivity contribution is 7.09. The van der Waals surface area contributed by atoms with Crippen molar-refractivity contribution in [3.8, 4) is 0 Å². The normalized spacial score (nSPS) is 10.6. The molecule has 0 aromatic carbocycles. The second kappa shape index (κ2) is 9.02. The van der Waals surface area contributed by atoms with Gasteiger partial charge in [0.2, 0.25) is 0 Å². The van der Waals surface area contributed by atoms with Gasteiger partial charge in [-0.25, -0.2) is 9.78 Å². The number of nitrogens with zero attached hydrogens (tertiary/aromatic N) is 1. The molecule has 1 rings (SSSR count).